The van der Waals surface area contributed by atoms with Crippen molar-refractivity contribution in [2.75, 3.05) is 19.7 Å². The largest absolute Gasteiger partial charge is 0.481 e. The molecule has 0 spiro atoms. The molecule has 0 saturated carbocycles. The molecule has 23 heavy (non-hydrogen) atoms. The lowest BCUT2D eigenvalue weighted by molar-refractivity contribution is -0.137. The average Bonchev–Trinajstić information content (AvgIpc) is 2.51. The average molecular weight is 363 g/mol. The molecule has 0 unspecified atom stereocenters. The molecule has 0 aromatic heterocycles. The molecule has 128 valence electrons. The zero-order valence-corrected chi connectivity index (χ0v) is 14.1. The molecule has 0 saturated heterocycles. The van der Waals surface area contributed by atoms with E-state index in [1.54, 1.807) is 18.2 Å². The summed E-state index contributed by atoms with van der Waals surface area (Å²) in [5, 5.41) is 21.1. The minimum Gasteiger partial charge on any atom is -0.481 e. The van der Waals surface area contributed by atoms with Crippen LogP contribution in [-0.4, -0.2) is 46.8 Å². The summed E-state index contributed by atoms with van der Waals surface area (Å²) in [6, 6.07) is 4.81. The van der Waals surface area contributed by atoms with Crippen molar-refractivity contribution in [2.45, 2.75) is 25.8 Å². The molecule has 6 nitrogen and oxygen atoms in total. The second-order valence-electron chi connectivity index (χ2n) is 4.98. The van der Waals surface area contributed by atoms with Crippen molar-refractivity contribution < 1.29 is 19.8 Å². The number of nitrogens with one attached hydrogen (secondary N) is 1. The fraction of sp³-hybridized carbons (Fsp3) is 0.467. The zero-order chi connectivity index (χ0) is 17.2. The Hall–Kier alpha value is -1.50. The van der Waals surface area contributed by atoms with Gasteiger partial charge in [0.1, 0.15) is 0 Å². The van der Waals surface area contributed by atoms with Crippen LogP contribution in [0.4, 0.5) is 4.79 Å². The Kier molecular flexibility index (Phi) is 8.76. The number of carbonyl (C=O) groups is 2. The molecule has 3 N–H and O–H groups in total. The van der Waals surface area contributed by atoms with Crippen LogP contribution in [0.3, 0.4) is 0 Å². The van der Waals surface area contributed by atoms with E-state index >= 15 is 0 Å². The molecule has 0 aliphatic heterocycles. The van der Waals surface area contributed by atoms with Gasteiger partial charge in [-0.3, -0.25) is 4.79 Å². The van der Waals surface area contributed by atoms with Crippen molar-refractivity contribution in [3.05, 3.63) is 33.8 Å². The first-order valence-corrected chi connectivity index (χ1v) is 7.99. The minimum absolute atomic E-state index is 0.00368. The van der Waals surface area contributed by atoms with Crippen molar-refractivity contribution >= 4 is 35.2 Å². The SMILES string of the molecule is O=C(O)CCCNC(=O)N(CCCO)Cc1ccc(Cl)c(Cl)c1. The van der Waals surface area contributed by atoms with E-state index in [2.05, 4.69) is 5.32 Å². The molecule has 0 atom stereocenters. The smallest absolute Gasteiger partial charge is 0.317 e. The fourth-order valence-corrected chi connectivity index (χ4v) is 2.24. The summed E-state index contributed by atoms with van der Waals surface area (Å²) < 4.78 is 0. The number of amides is 2. The first-order chi connectivity index (χ1) is 10.9. The van der Waals surface area contributed by atoms with Crippen molar-refractivity contribution in [3.8, 4) is 0 Å². The van der Waals surface area contributed by atoms with Gasteiger partial charge in [0.2, 0.25) is 0 Å². The summed E-state index contributed by atoms with van der Waals surface area (Å²) in [4.78, 5) is 24.2. The standard InChI is InChI=1S/C15H20Cl2N2O4/c16-12-5-4-11(9-13(12)17)10-19(7-2-8-20)15(23)18-6-1-3-14(21)22/h4-5,9,20H,1-3,6-8,10H2,(H,18,23)(H,21,22). The van der Waals surface area contributed by atoms with Crippen LogP contribution in [-0.2, 0) is 11.3 Å². The number of aliphatic hydroxyl groups excluding tert-OH is 1. The summed E-state index contributed by atoms with van der Waals surface area (Å²) in [6.07, 6.45) is 0.815. The van der Waals surface area contributed by atoms with Crippen LogP contribution in [0.25, 0.3) is 0 Å². The van der Waals surface area contributed by atoms with E-state index in [0.717, 1.165) is 5.56 Å². The van der Waals surface area contributed by atoms with E-state index in [0.29, 0.717) is 36.0 Å². The Balaban J connectivity index is 2.61. The van der Waals surface area contributed by atoms with E-state index in [-0.39, 0.29) is 25.6 Å². The predicted octanol–water partition coefficient (Wildman–Crippen LogP) is 2.75. The molecule has 1 aromatic rings. The normalized spacial score (nSPS) is 10.4. The van der Waals surface area contributed by atoms with Gasteiger partial charge in [-0.1, -0.05) is 29.3 Å². The lowest BCUT2D eigenvalue weighted by atomic mass is 10.2. The lowest BCUT2D eigenvalue weighted by Gasteiger charge is -2.23. The lowest BCUT2D eigenvalue weighted by Crippen LogP contribution is -2.40. The summed E-state index contributed by atoms with van der Waals surface area (Å²) in [7, 11) is 0. The van der Waals surface area contributed by atoms with Crippen molar-refractivity contribution in [2.24, 2.45) is 0 Å². The maximum absolute atomic E-state index is 12.2. The molecule has 0 heterocycles. The van der Waals surface area contributed by atoms with Crippen LogP contribution >= 0.6 is 23.2 Å². The highest BCUT2D eigenvalue weighted by atomic mass is 35.5. The number of carboxylic acids is 1. The Bertz CT molecular complexity index is 540. The van der Waals surface area contributed by atoms with Gasteiger partial charge in [0.25, 0.3) is 0 Å². The molecule has 1 rings (SSSR count). The molecule has 0 fully saturated rings. The second-order valence-corrected chi connectivity index (χ2v) is 5.79. The first-order valence-electron chi connectivity index (χ1n) is 7.23. The van der Waals surface area contributed by atoms with E-state index in [1.807, 2.05) is 0 Å². The molecule has 2 amide bonds. The van der Waals surface area contributed by atoms with Gasteiger partial charge >= 0.3 is 12.0 Å². The number of rotatable bonds is 9. The number of halogens is 2. The maximum Gasteiger partial charge on any atom is 0.317 e. The molecule has 0 radical (unpaired) electrons. The van der Waals surface area contributed by atoms with E-state index in [1.165, 1.54) is 4.90 Å². The maximum atomic E-state index is 12.2. The highest BCUT2D eigenvalue weighted by Gasteiger charge is 2.14. The van der Waals surface area contributed by atoms with Crippen LogP contribution in [0, 0.1) is 0 Å². The second kappa shape index (κ2) is 10.3. The van der Waals surface area contributed by atoms with Crippen LogP contribution < -0.4 is 5.32 Å². The van der Waals surface area contributed by atoms with E-state index in [4.69, 9.17) is 33.4 Å². The molecule has 1 aromatic carbocycles. The summed E-state index contributed by atoms with van der Waals surface area (Å²) >= 11 is 11.8. The highest BCUT2D eigenvalue weighted by molar-refractivity contribution is 6.42. The predicted molar refractivity (Wildman–Crippen MR) is 88.8 cm³/mol. The Labute approximate surface area is 145 Å². The van der Waals surface area contributed by atoms with Crippen LogP contribution in [0.15, 0.2) is 18.2 Å². The summed E-state index contributed by atoms with van der Waals surface area (Å²) in [5.41, 5.74) is 0.818. The number of carbonyl (C=O) groups excluding carboxylic acids is 1. The minimum atomic E-state index is -0.896. The Morgan fingerprint density at radius 2 is 1.91 bits per heavy atom. The number of hydrogen-bond acceptors (Lipinski definition) is 3. The van der Waals surface area contributed by atoms with E-state index < -0.39 is 5.97 Å². The first kappa shape index (κ1) is 19.5. The zero-order valence-electron chi connectivity index (χ0n) is 12.6. The number of aliphatic hydroxyl groups is 1. The third-order valence-corrected chi connectivity index (χ3v) is 3.81. The van der Waals surface area contributed by atoms with Crippen molar-refractivity contribution in [1.82, 2.24) is 10.2 Å². The molecular weight excluding hydrogens is 343 g/mol. The quantitative estimate of drug-likeness (QED) is 0.589. The number of aliphatic carboxylic acids is 1. The third kappa shape index (κ3) is 7.54. The molecule has 0 aliphatic carbocycles. The number of urea groups is 1. The van der Waals surface area contributed by atoms with Gasteiger partial charge in [0.05, 0.1) is 10.0 Å². The number of carboxylic acid groups (broad SMARTS) is 1. The van der Waals surface area contributed by atoms with Gasteiger partial charge < -0.3 is 20.4 Å². The Morgan fingerprint density at radius 1 is 1.17 bits per heavy atom. The van der Waals surface area contributed by atoms with Crippen molar-refractivity contribution in [3.63, 3.8) is 0 Å². The summed E-state index contributed by atoms with van der Waals surface area (Å²) in [5.74, 6) is -0.896. The highest BCUT2D eigenvalue weighted by Crippen LogP contribution is 2.23. The van der Waals surface area contributed by atoms with Crippen LogP contribution in [0.5, 0.6) is 0 Å². The van der Waals surface area contributed by atoms with Gasteiger partial charge in [-0.2, -0.15) is 0 Å². The van der Waals surface area contributed by atoms with Gasteiger partial charge in [-0.15, -0.1) is 0 Å². The van der Waals surface area contributed by atoms with Crippen molar-refractivity contribution in [1.29, 1.82) is 0 Å². The Morgan fingerprint density at radius 3 is 2.52 bits per heavy atom. The molecule has 8 heteroatoms. The number of benzene rings is 1. The number of hydrogen-bond donors (Lipinski definition) is 3. The van der Waals surface area contributed by atoms with Crippen LogP contribution in [0.2, 0.25) is 10.0 Å². The fourth-order valence-electron chi connectivity index (χ4n) is 1.92. The number of nitrogens with zero attached hydrogens (tertiary/aromatic N) is 1. The molecule has 0 bridgehead atoms. The van der Waals surface area contributed by atoms with Crippen LogP contribution in [0.1, 0.15) is 24.8 Å². The monoisotopic (exact) mass is 362 g/mol. The van der Waals surface area contributed by atoms with Gasteiger partial charge in [0, 0.05) is 32.7 Å². The summed E-state index contributed by atoms with van der Waals surface area (Å²) in [6.45, 7) is 0.954. The molecular formula is C15H20Cl2N2O4. The van der Waals surface area contributed by atoms with Gasteiger partial charge in [-0.25, -0.2) is 4.79 Å². The third-order valence-electron chi connectivity index (χ3n) is 3.07. The topological polar surface area (TPSA) is 89.9 Å². The van der Waals surface area contributed by atoms with E-state index in [9.17, 15) is 9.59 Å². The van der Waals surface area contributed by atoms with Gasteiger partial charge in [0.15, 0.2) is 0 Å². The van der Waals surface area contributed by atoms with Gasteiger partial charge in [-0.05, 0) is 30.5 Å². The molecule has 0 aliphatic rings.